The SMILES string of the molecule is O=S(=O)(NC1CCN(CC2=CCCCC2)CC1)c1ccoc1. The second-order valence-electron chi connectivity index (χ2n) is 6.24. The van der Waals surface area contributed by atoms with Crippen LogP contribution in [0.5, 0.6) is 0 Å². The van der Waals surface area contributed by atoms with E-state index in [9.17, 15) is 8.42 Å². The molecule has 1 aliphatic heterocycles. The summed E-state index contributed by atoms with van der Waals surface area (Å²) in [5.74, 6) is 0. The number of sulfonamides is 1. The van der Waals surface area contributed by atoms with E-state index in [1.807, 2.05) is 0 Å². The minimum atomic E-state index is -3.43. The number of nitrogens with zero attached hydrogens (tertiary/aromatic N) is 1. The largest absolute Gasteiger partial charge is 0.471 e. The molecule has 22 heavy (non-hydrogen) atoms. The van der Waals surface area contributed by atoms with Crippen molar-refractivity contribution in [2.75, 3.05) is 19.6 Å². The highest BCUT2D eigenvalue weighted by molar-refractivity contribution is 7.89. The molecule has 0 aromatic carbocycles. The first-order chi connectivity index (χ1) is 10.6. The summed E-state index contributed by atoms with van der Waals surface area (Å²) in [5, 5.41) is 0. The van der Waals surface area contributed by atoms with E-state index in [1.165, 1.54) is 44.3 Å². The van der Waals surface area contributed by atoms with Crippen molar-refractivity contribution in [3.63, 3.8) is 0 Å². The van der Waals surface area contributed by atoms with Gasteiger partial charge in [-0.2, -0.15) is 0 Å². The van der Waals surface area contributed by atoms with Crippen molar-refractivity contribution in [2.24, 2.45) is 0 Å². The fourth-order valence-corrected chi connectivity index (χ4v) is 4.46. The maximum Gasteiger partial charge on any atom is 0.244 e. The zero-order valence-electron chi connectivity index (χ0n) is 12.8. The first-order valence-corrected chi connectivity index (χ1v) is 9.56. The molecule has 122 valence electrons. The van der Waals surface area contributed by atoms with Gasteiger partial charge < -0.3 is 4.42 Å². The minimum Gasteiger partial charge on any atom is -0.471 e. The molecule has 1 N–H and O–H groups in total. The number of rotatable bonds is 5. The second-order valence-corrected chi connectivity index (χ2v) is 7.95. The third-order valence-corrected chi connectivity index (χ3v) is 6.02. The van der Waals surface area contributed by atoms with Gasteiger partial charge in [0.05, 0.1) is 6.26 Å². The topological polar surface area (TPSA) is 62.6 Å². The summed E-state index contributed by atoms with van der Waals surface area (Å²) in [6.45, 7) is 2.97. The number of piperidine rings is 1. The van der Waals surface area contributed by atoms with Gasteiger partial charge in [0.1, 0.15) is 11.2 Å². The van der Waals surface area contributed by atoms with Crippen molar-refractivity contribution >= 4 is 10.0 Å². The lowest BCUT2D eigenvalue weighted by Crippen LogP contribution is -2.45. The summed E-state index contributed by atoms with van der Waals surface area (Å²) in [5.41, 5.74) is 1.56. The summed E-state index contributed by atoms with van der Waals surface area (Å²) in [7, 11) is -3.43. The van der Waals surface area contributed by atoms with Crippen molar-refractivity contribution in [2.45, 2.75) is 49.5 Å². The van der Waals surface area contributed by atoms with Gasteiger partial charge in [-0.15, -0.1) is 0 Å². The Morgan fingerprint density at radius 2 is 2.09 bits per heavy atom. The van der Waals surface area contributed by atoms with Crippen molar-refractivity contribution in [3.8, 4) is 0 Å². The van der Waals surface area contributed by atoms with Gasteiger partial charge in [-0.3, -0.25) is 4.90 Å². The molecule has 1 saturated heterocycles. The smallest absolute Gasteiger partial charge is 0.244 e. The predicted octanol–water partition coefficient (Wildman–Crippen LogP) is 2.52. The molecular weight excluding hydrogens is 300 g/mol. The van der Waals surface area contributed by atoms with E-state index in [-0.39, 0.29) is 10.9 Å². The summed E-state index contributed by atoms with van der Waals surface area (Å²) < 4.78 is 32.0. The van der Waals surface area contributed by atoms with Crippen LogP contribution >= 0.6 is 0 Å². The van der Waals surface area contributed by atoms with Crippen LogP contribution in [0.1, 0.15) is 38.5 Å². The maximum absolute atomic E-state index is 12.2. The van der Waals surface area contributed by atoms with Crippen LogP contribution in [0.3, 0.4) is 0 Å². The Morgan fingerprint density at radius 1 is 1.27 bits per heavy atom. The molecule has 0 atom stereocenters. The number of nitrogens with one attached hydrogen (secondary N) is 1. The van der Waals surface area contributed by atoms with Crippen LogP contribution < -0.4 is 4.72 Å². The lowest BCUT2D eigenvalue weighted by Gasteiger charge is -2.33. The standard InChI is InChI=1S/C16H24N2O3S/c19-22(20,16-8-11-21-13-16)17-15-6-9-18(10-7-15)12-14-4-2-1-3-5-14/h4,8,11,13,15,17H,1-3,5-7,9-10,12H2. The summed E-state index contributed by atoms with van der Waals surface area (Å²) >= 11 is 0. The van der Waals surface area contributed by atoms with E-state index in [1.54, 1.807) is 5.57 Å². The molecule has 1 fully saturated rings. The molecule has 0 unspecified atom stereocenters. The third-order valence-electron chi connectivity index (χ3n) is 4.53. The van der Waals surface area contributed by atoms with Crippen LogP contribution in [0.4, 0.5) is 0 Å². The average molecular weight is 324 g/mol. The van der Waals surface area contributed by atoms with Gasteiger partial charge in [0.15, 0.2) is 0 Å². The lowest BCUT2D eigenvalue weighted by molar-refractivity contribution is 0.220. The lowest BCUT2D eigenvalue weighted by atomic mass is 9.98. The molecule has 2 heterocycles. The van der Waals surface area contributed by atoms with Crippen LogP contribution in [0.2, 0.25) is 0 Å². The molecule has 0 bridgehead atoms. The van der Waals surface area contributed by atoms with Gasteiger partial charge in [-0.25, -0.2) is 13.1 Å². The highest BCUT2D eigenvalue weighted by Gasteiger charge is 2.25. The van der Waals surface area contributed by atoms with Crippen molar-refractivity contribution in [1.29, 1.82) is 0 Å². The van der Waals surface area contributed by atoms with Crippen molar-refractivity contribution < 1.29 is 12.8 Å². The summed E-state index contributed by atoms with van der Waals surface area (Å²) in [6.07, 6.45) is 11.9. The van der Waals surface area contributed by atoms with Crippen LogP contribution in [-0.4, -0.2) is 39.0 Å². The third kappa shape index (κ3) is 4.00. The number of furan rings is 1. The molecule has 0 spiro atoms. The molecule has 3 rings (SSSR count). The Labute approximate surface area is 132 Å². The van der Waals surface area contributed by atoms with Gasteiger partial charge >= 0.3 is 0 Å². The Bertz CT molecular complexity index is 599. The monoisotopic (exact) mass is 324 g/mol. The molecule has 1 aromatic heterocycles. The highest BCUT2D eigenvalue weighted by atomic mass is 32.2. The first kappa shape index (κ1) is 15.8. The van der Waals surface area contributed by atoms with Crippen LogP contribution in [0.25, 0.3) is 0 Å². The minimum absolute atomic E-state index is 0.0245. The van der Waals surface area contributed by atoms with Crippen molar-refractivity contribution in [1.82, 2.24) is 9.62 Å². The Kier molecular flexibility index (Phi) is 5.00. The normalized spacial score (nSPS) is 21.7. The first-order valence-electron chi connectivity index (χ1n) is 8.08. The molecule has 0 amide bonds. The second kappa shape index (κ2) is 6.98. The van der Waals surface area contributed by atoms with Gasteiger partial charge in [-0.1, -0.05) is 11.6 Å². The van der Waals surface area contributed by atoms with E-state index < -0.39 is 10.0 Å². The predicted molar refractivity (Wildman–Crippen MR) is 85.0 cm³/mol. The van der Waals surface area contributed by atoms with Crippen LogP contribution in [-0.2, 0) is 10.0 Å². The van der Waals surface area contributed by atoms with Gasteiger partial charge in [-0.05, 0) is 57.7 Å². The maximum atomic E-state index is 12.2. The number of allylic oxidation sites excluding steroid dienone is 1. The van der Waals surface area contributed by atoms with E-state index >= 15 is 0 Å². The van der Waals surface area contributed by atoms with E-state index in [0.717, 1.165) is 32.5 Å². The van der Waals surface area contributed by atoms with E-state index in [0.29, 0.717) is 0 Å². The van der Waals surface area contributed by atoms with E-state index in [4.69, 9.17) is 4.42 Å². The van der Waals surface area contributed by atoms with Crippen LogP contribution in [0.15, 0.2) is 39.6 Å². The Morgan fingerprint density at radius 3 is 2.73 bits per heavy atom. The average Bonchev–Trinajstić information content (AvgIpc) is 3.05. The number of hydrogen-bond acceptors (Lipinski definition) is 4. The fraction of sp³-hybridized carbons (Fsp3) is 0.625. The molecule has 2 aliphatic rings. The van der Waals surface area contributed by atoms with Gasteiger partial charge in [0, 0.05) is 12.6 Å². The summed E-state index contributed by atoms with van der Waals surface area (Å²) in [6, 6.07) is 1.50. The summed E-state index contributed by atoms with van der Waals surface area (Å²) in [4.78, 5) is 2.65. The molecular formula is C16H24N2O3S. The molecule has 1 aliphatic carbocycles. The molecule has 6 heteroatoms. The zero-order valence-corrected chi connectivity index (χ0v) is 13.6. The quantitative estimate of drug-likeness (QED) is 0.846. The highest BCUT2D eigenvalue weighted by Crippen LogP contribution is 2.21. The Balaban J connectivity index is 1.48. The molecule has 5 nitrogen and oxygen atoms in total. The number of likely N-dealkylation sites (tertiary alicyclic amines) is 1. The number of hydrogen-bond donors (Lipinski definition) is 1. The van der Waals surface area contributed by atoms with E-state index in [2.05, 4.69) is 15.7 Å². The fourth-order valence-electron chi connectivity index (χ4n) is 3.24. The Hall–Kier alpha value is -1.11. The van der Waals surface area contributed by atoms with Gasteiger partial charge in [0.2, 0.25) is 10.0 Å². The van der Waals surface area contributed by atoms with Gasteiger partial charge in [0.25, 0.3) is 0 Å². The zero-order chi connectivity index (χ0) is 15.4. The van der Waals surface area contributed by atoms with Crippen molar-refractivity contribution in [3.05, 3.63) is 30.2 Å². The molecule has 0 radical (unpaired) electrons. The van der Waals surface area contributed by atoms with Crippen LogP contribution in [0, 0.1) is 0 Å². The molecule has 1 aromatic rings. The molecule has 0 saturated carbocycles.